The van der Waals surface area contributed by atoms with E-state index < -0.39 is 0 Å². The van der Waals surface area contributed by atoms with E-state index >= 15 is 19.2 Å². The molecule has 15 aromatic rings. The molecule has 15 aromatic carbocycles. The fourth-order valence-corrected chi connectivity index (χ4v) is 15.4. The molecule has 0 saturated heterocycles. The Kier molecular flexibility index (Phi) is 12.8. The first-order valence-electron chi connectivity index (χ1n) is 32.9. The van der Waals surface area contributed by atoms with Crippen molar-refractivity contribution in [2.45, 2.75) is 79.1 Å². The molecule has 0 fully saturated rings. The van der Waals surface area contributed by atoms with Crippen LogP contribution < -0.4 is 9.80 Å². The normalized spacial score (nSPS) is 13.5. The summed E-state index contributed by atoms with van der Waals surface area (Å²) in [6, 6.07) is 81.3. The molecule has 6 heteroatoms. The molecule has 4 amide bonds. The van der Waals surface area contributed by atoms with Crippen molar-refractivity contribution in [2.24, 2.45) is 0 Å². The number of carbonyl (C=O) groups is 4. The fourth-order valence-electron chi connectivity index (χ4n) is 15.4. The topological polar surface area (TPSA) is 74.8 Å². The summed E-state index contributed by atoms with van der Waals surface area (Å²) in [6.07, 6.45) is 0. The average molecular weight is 1220 g/mol. The zero-order chi connectivity index (χ0) is 64.3. The third-order valence-corrected chi connectivity index (χ3v) is 20.3. The standard InChI is InChI=1S/C88H66N2O4/c1-47(2)73-11-9-12-74(48(3)4)83(73)89-85(91)77-43-67-39-71-40-68(44-78(81(71)77)86(89)92)60-28-20-52-16-24-56(32-64(52)36-60)58-26-18-54-22-30-62(38-66(54)34-58)70-42-72-41-69(61-29-21-53-17-25-57(33-65(53)37-61)55-23-15-51-19-27-59(67)35-63(51)31-55)45-79-82(72)80(46-70)88(94)90(87(79)93)84-75(49(5)6)13-10-14-76(84)50(7)8/h9-50H,1-8H3. The molecule has 0 saturated carbocycles. The molecule has 2 aliphatic rings. The number of rotatable bonds is 6. The molecular weight excluding hydrogens is 1150 g/mol. The van der Waals surface area contributed by atoms with Crippen LogP contribution in [-0.4, -0.2) is 23.6 Å². The quantitative estimate of drug-likeness (QED) is 0.156. The number of hydrogen-bond acceptors (Lipinski definition) is 4. The second-order valence-corrected chi connectivity index (χ2v) is 27.5. The number of amides is 4. The van der Waals surface area contributed by atoms with Gasteiger partial charge in [0.1, 0.15) is 0 Å². The molecule has 452 valence electrons. The van der Waals surface area contributed by atoms with Crippen molar-refractivity contribution in [3.63, 3.8) is 0 Å². The van der Waals surface area contributed by atoms with E-state index in [2.05, 4.69) is 250 Å². The summed E-state index contributed by atoms with van der Waals surface area (Å²) in [7, 11) is 0. The van der Waals surface area contributed by atoms with Crippen LogP contribution in [0.15, 0.2) is 231 Å². The van der Waals surface area contributed by atoms with Gasteiger partial charge in [0, 0.05) is 33.0 Å². The fraction of sp³-hybridized carbons (Fsp3) is 0.136. The lowest BCUT2D eigenvalue weighted by Crippen LogP contribution is -2.41. The zero-order valence-electron chi connectivity index (χ0n) is 53.8. The van der Waals surface area contributed by atoms with E-state index in [1.165, 1.54) is 9.80 Å². The highest BCUT2D eigenvalue weighted by atomic mass is 16.2. The van der Waals surface area contributed by atoms with E-state index in [-0.39, 0.29) is 47.3 Å². The van der Waals surface area contributed by atoms with Crippen LogP contribution >= 0.6 is 0 Å². The van der Waals surface area contributed by atoms with E-state index in [1.807, 2.05) is 36.4 Å². The van der Waals surface area contributed by atoms with E-state index in [0.29, 0.717) is 44.4 Å². The lowest BCUT2D eigenvalue weighted by molar-refractivity contribution is 0.0877. The van der Waals surface area contributed by atoms with E-state index in [4.69, 9.17) is 0 Å². The summed E-state index contributed by atoms with van der Waals surface area (Å²) in [4.78, 5) is 65.4. The highest BCUT2D eigenvalue weighted by Crippen LogP contribution is 2.45. The third-order valence-electron chi connectivity index (χ3n) is 20.3. The van der Waals surface area contributed by atoms with Gasteiger partial charge in [-0.1, -0.05) is 189 Å². The number of para-hydroxylation sites is 2. The van der Waals surface area contributed by atoms with Crippen molar-refractivity contribution in [1.82, 2.24) is 0 Å². The maximum Gasteiger partial charge on any atom is 0.266 e. The number of benzene rings is 14. The second-order valence-electron chi connectivity index (χ2n) is 27.5. The Morgan fingerprint density at radius 3 is 0.574 bits per heavy atom. The van der Waals surface area contributed by atoms with Crippen LogP contribution in [0.5, 0.6) is 0 Å². The first-order valence-corrected chi connectivity index (χ1v) is 32.9. The Hall–Kier alpha value is -11.1. The molecule has 6 nitrogen and oxygen atoms in total. The van der Waals surface area contributed by atoms with Gasteiger partial charge in [0.25, 0.3) is 23.6 Å². The Bertz CT molecular complexity index is 5380. The molecule has 2 heterocycles. The molecule has 0 spiro atoms. The Morgan fingerprint density at radius 1 is 0.202 bits per heavy atom. The molecule has 0 atom stereocenters. The van der Waals surface area contributed by atoms with Crippen LogP contribution in [-0.2, 0) is 0 Å². The Morgan fingerprint density at radius 2 is 0.372 bits per heavy atom. The first kappa shape index (κ1) is 56.9. The highest BCUT2D eigenvalue weighted by Gasteiger charge is 2.39. The van der Waals surface area contributed by atoms with Gasteiger partial charge in [-0.05, 0) is 261 Å². The second kappa shape index (κ2) is 21.2. The van der Waals surface area contributed by atoms with Crippen LogP contribution in [0, 0.1) is 0 Å². The van der Waals surface area contributed by atoms with Gasteiger partial charge in [0.2, 0.25) is 0 Å². The number of nitrogens with zero attached hydrogens (tertiary/aromatic N) is 2. The number of carbonyl (C=O) groups excluding carboxylic acids is 4. The van der Waals surface area contributed by atoms with Crippen LogP contribution in [0.4, 0.5) is 11.4 Å². The van der Waals surface area contributed by atoms with Crippen LogP contribution in [0.25, 0.3) is 129 Å². The number of anilines is 2. The minimum absolute atomic E-state index is 0.0441. The lowest BCUT2D eigenvalue weighted by Gasteiger charge is -2.32. The third kappa shape index (κ3) is 8.90. The Balaban J connectivity index is 0.957. The van der Waals surface area contributed by atoms with Crippen molar-refractivity contribution < 1.29 is 19.2 Å². The maximum absolute atomic E-state index is 15.6. The monoisotopic (exact) mass is 1210 g/mol. The number of fused-ring (bicyclic) bond motifs is 18. The van der Waals surface area contributed by atoms with Crippen molar-refractivity contribution in [3.05, 3.63) is 275 Å². The summed E-state index contributed by atoms with van der Waals surface area (Å²) < 4.78 is 0. The van der Waals surface area contributed by atoms with E-state index in [1.54, 1.807) is 0 Å². The van der Waals surface area contributed by atoms with E-state index in [0.717, 1.165) is 141 Å². The molecule has 0 radical (unpaired) electrons. The first-order chi connectivity index (χ1) is 45.5. The van der Waals surface area contributed by atoms with Crippen LogP contribution in [0.2, 0.25) is 0 Å². The summed E-state index contributed by atoms with van der Waals surface area (Å²) in [6.45, 7) is 17.0. The number of hydrogen-bond donors (Lipinski definition) is 0. The highest BCUT2D eigenvalue weighted by molar-refractivity contribution is 6.39. The van der Waals surface area contributed by atoms with Gasteiger partial charge < -0.3 is 0 Å². The molecule has 0 aromatic heterocycles. The minimum Gasteiger partial charge on any atom is -0.268 e. The van der Waals surface area contributed by atoms with Crippen molar-refractivity contribution >= 4 is 164 Å². The lowest BCUT2D eigenvalue weighted by atomic mass is 9.87. The molecule has 94 heavy (non-hydrogen) atoms. The number of imide groups is 2. The predicted molar refractivity (Wildman–Crippen MR) is 394 cm³/mol. The molecular formula is C88H66N2O4. The summed E-state index contributed by atoms with van der Waals surface area (Å²) in [5, 5.41) is 23.0. The molecule has 2 aliphatic heterocycles. The smallest absolute Gasteiger partial charge is 0.266 e. The molecule has 0 unspecified atom stereocenters. The van der Waals surface area contributed by atoms with Gasteiger partial charge >= 0.3 is 0 Å². The summed E-state index contributed by atoms with van der Waals surface area (Å²) >= 11 is 0. The molecule has 18 bridgehead atoms. The maximum atomic E-state index is 15.6. The summed E-state index contributed by atoms with van der Waals surface area (Å²) in [5.74, 6) is -1.13. The van der Waals surface area contributed by atoms with Gasteiger partial charge in [-0.25, -0.2) is 9.80 Å². The van der Waals surface area contributed by atoms with Crippen molar-refractivity contribution in [1.29, 1.82) is 0 Å². The zero-order valence-corrected chi connectivity index (χ0v) is 53.8. The van der Waals surface area contributed by atoms with Gasteiger partial charge in [-0.3, -0.25) is 19.2 Å². The largest absolute Gasteiger partial charge is 0.268 e. The van der Waals surface area contributed by atoms with Crippen LogP contribution in [0.3, 0.4) is 0 Å². The van der Waals surface area contributed by atoms with Crippen molar-refractivity contribution in [2.75, 3.05) is 9.80 Å². The average Bonchev–Trinajstić information content (AvgIpc) is 0.732. The molecule has 0 N–H and O–H groups in total. The molecule has 17 rings (SSSR count). The predicted octanol–water partition coefficient (Wildman–Crippen LogP) is 23.3. The van der Waals surface area contributed by atoms with Crippen LogP contribution in [0.1, 0.15) is 143 Å². The summed E-state index contributed by atoms with van der Waals surface area (Å²) in [5.41, 5.74) is 7.15. The SMILES string of the molecule is CC(C)c1cccc(C(C)C)c1N1C(=O)c2cc3cc4cc(cc(c24)C1=O)c1ccc2ccc(cc2c1)c1ccc2ccc(cc2c1)c1cc2c4c(cc(cc4c1)c1ccc4ccc(cc4c1)c1ccc4ccc3cc4c1)C(=O)N(c1c(C(C)C)cccc1C(C)C)C2=O. The van der Waals surface area contributed by atoms with E-state index in [9.17, 15) is 0 Å². The van der Waals surface area contributed by atoms with Crippen molar-refractivity contribution in [3.8, 4) is 0 Å². The van der Waals surface area contributed by atoms with Gasteiger partial charge in [0.05, 0.1) is 11.4 Å². The van der Waals surface area contributed by atoms with Gasteiger partial charge in [-0.15, -0.1) is 0 Å². The van der Waals surface area contributed by atoms with Gasteiger partial charge in [-0.2, -0.15) is 0 Å². The minimum atomic E-state index is -0.326. The molecule has 0 aliphatic carbocycles. The Labute approximate surface area is 544 Å². The van der Waals surface area contributed by atoms with Gasteiger partial charge in [0.15, 0.2) is 0 Å².